The van der Waals surface area contributed by atoms with E-state index < -0.39 is 0 Å². The smallest absolute Gasteiger partial charge is 0.0299 e. The van der Waals surface area contributed by atoms with Gasteiger partial charge in [0.1, 0.15) is 0 Å². The Bertz CT molecular complexity index is 466. The molecular weight excluding hydrogens is 200 g/mol. The first-order valence-corrected chi connectivity index (χ1v) is 5.92. The highest BCUT2D eigenvalue weighted by Crippen LogP contribution is 2.21. The lowest BCUT2D eigenvalue weighted by molar-refractivity contribution is 1.19. The van der Waals surface area contributed by atoms with Crippen LogP contribution in [-0.4, -0.2) is 0 Å². The van der Waals surface area contributed by atoms with Gasteiger partial charge in [-0.3, -0.25) is 0 Å². The summed E-state index contributed by atoms with van der Waals surface area (Å²) in [5, 5.41) is 2.13. The molecule has 0 saturated carbocycles. The maximum absolute atomic E-state index is 3.83. The lowest BCUT2D eigenvalue weighted by atomic mass is 10.0. The molecule has 0 atom stereocenters. The van der Waals surface area contributed by atoms with E-state index in [-0.39, 0.29) is 0 Å². The molecule has 0 spiro atoms. The Kier molecular flexibility index (Phi) is 3.02. The molecule has 0 aliphatic carbocycles. The van der Waals surface area contributed by atoms with Crippen molar-refractivity contribution in [2.24, 2.45) is 0 Å². The molecule has 1 heteroatoms. The molecule has 1 aromatic heterocycles. The maximum Gasteiger partial charge on any atom is 0.0299 e. The van der Waals surface area contributed by atoms with E-state index in [0.29, 0.717) is 0 Å². The second kappa shape index (κ2) is 4.45. The zero-order valence-corrected chi connectivity index (χ0v) is 9.68. The Morgan fingerprint density at radius 2 is 2.20 bits per heavy atom. The third kappa shape index (κ3) is 2.37. The Morgan fingerprint density at radius 3 is 2.93 bits per heavy atom. The highest BCUT2D eigenvalue weighted by Gasteiger charge is 2.02. The van der Waals surface area contributed by atoms with E-state index in [4.69, 9.17) is 0 Å². The summed E-state index contributed by atoms with van der Waals surface area (Å²) in [7, 11) is 0. The van der Waals surface area contributed by atoms with Crippen molar-refractivity contribution in [2.75, 3.05) is 0 Å². The molecular formula is C14H14S. The number of hydrogen-bond acceptors (Lipinski definition) is 1. The van der Waals surface area contributed by atoms with Crippen LogP contribution >= 0.6 is 11.3 Å². The molecule has 0 unspecified atom stereocenters. The summed E-state index contributed by atoms with van der Waals surface area (Å²) in [5.41, 5.74) is 4.07. The molecule has 76 valence electrons. The minimum Gasteiger partial charge on any atom is -0.144 e. The third-order valence-electron chi connectivity index (χ3n) is 2.44. The van der Waals surface area contributed by atoms with Gasteiger partial charge in [-0.1, -0.05) is 42.5 Å². The molecule has 1 heterocycles. The highest BCUT2D eigenvalue weighted by molar-refractivity contribution is 7.11. The Morgan fingerprint density at radius 1 is 1.33 bits per heavy atom. The van der Waals surface area contributed by atoms with Crippen molar-refractivity contribution in [3.05, 3.63) is 63.9 Å². The molecule has 0 aliphatic heterocycles. The fraction of sp³-hybridized carbons (Fsp3) is 0.143. The molecule has 2 rings (SSSR count). The summed E-state index contributed by atoms with van der Waals surface area (Å²) in [6.45, 7) is 5.96. The van der Waals surface area contributed by atoms with Crippen molar-refractivity contribution in [3.8, 4) is 0 Å². The summed E-state index contributed by atoms with van der Waals surface area (Å²) in [6.07, 6.45) is 2.95. The zero-order valence-electron chi connectivity index (χ0n) is 8.86. The van der Waals surface area contributed by atoms with Gasteiger partial charge in [-0.05, 0) is 35.9 Å². The molecule has 15 heavy (non-hydrogen) atoms. The van der Waals surface area contributed by atoms with Crippen LogP contribution in [0.5, 0.6) is 0 Å². The third-order valence-corrected chi connectivity index (χ3v) is 3.40. The van der Waals surface area contributed by atoms with Crippen molar-refractivity contribution < 1.29 is 0 Å². The predicted octanol–water partition coefficient (Wildman–Crippen LogP) is 4.29. The van der Waals surface area contributed by atoms with E-state index >= 15 is 0 Å². The van der Waals surface area contributed by atoms with Crippen LogP contribution in [-0.2, 0) is 6.42 Å². The van der Waals surface area contributed by atoms with Crippen LogP contribution in [0.1, 0.15) is 21.6 Å². The molecule has 0 amide bonds. The normalized spacial score (nSPS) is 10.2. The van der Waals surface area contributed by atoms with Crippen LogP contribution in [0.3, 0.4) is 0 Å². The fourth-order valence-electron chi connectivity index (χ4n) is 1.71. The Balaban J connectivity index is 2.25. The number of benzene rings is 1. The first kappa shape index (κ1) is 10.2. The summed E-state index contributed by atoms with van der Waals surface area (Å²) in [6, 6.07) is 10.8. The highest BCUT2D eigenvalue weighted by atomic mass is 32.1. The number of thiophene rings is 1. The standard InChI is InChI=1S/C14H14S/c1-3-14-13(7-8-15-14)10-12-6-4-5-11(2)9-12/h3-9H,1,10H2,2H3. The van der Waals surface area contributed by atoms with Gasteiger partial charge in [0.05, 0.1) is 0 Å². The van der Waals surface area contributed by atoms with Gasteiger partial charge in [0, 0.05) is 4.88 Å². The summed E-state index contributed by atoms with van der Waals surface area (Å²) in [5.74, 6) is 0. The van der Waals surface area contributed by atoms with E-state index in [2.05, 4.69) is 49.2 Å². The largest absolute Gasteiger partial charge is 0.144 e. The van der Waals surface area contributed by atoms with E-state index in [9.17, 15) is 0 Å². The molecule has 0 nitrogen and oxygen atoms in total. The van der Waals surface area contributed by atoms with Gasteiger partial charge in [-0.15, -0.1) is 11.3 Å². The maximum atomic E-state index is 3.83. The SMILES string of the molecule is C=Cc1sccc1Cc1cccc(C)c1. The Hall–Kier alpha value is -1.34. The molecule has 0 aliphatic rings. The van der Waals surface area contributed by atoms with Gasteiger partial charge in [-0.25, -0.2) is 0 Å². The molecule has 0 radical (unpaired) electrons. The van der Waals surface area contributed by atoms with Crippen molar-refractivity contribution in [2.45, 2.75) is 13.3 Å². The zero-order chi connectivity index (χ0) is 10.7. The summed E-state index contributed by atoms with van der Waals surface area (Å²) >= 11 is 1.75. The average Bonchev–Trinajstić information content (AvgIpc) is 2.65. The first-order valence-electron chi connectivity index (χ1n) is 5.04. The quantitative estimate of drug-likeness (QED) is 0.715. The van der Waals surface area contributed by atoms with Gasteiger partial charge in [0.2, 0.25) is 0 Å². The minimum atomic E-state index is 1.01. The van der Waals surface area contributed by atoms with Crippen molar-refractivity contribution in [3.63, 3.8) is 0 Å². The summed E-state index contributed by atoms with van der Waals surface area (Å²) in [4.78, 5) is 1.29. The van der Waals surface area contributed by atoms with Gasteiger partial charge in [-0.2, -0.15) is 0 Å². The monoisotopic (exact) mass is 214 g/mol. The Labute approximate surface area is 94.9 Å². The van der Waals surface area contributed by atoms with Gasteiger partial charge in [0.25, 0.3) is 0 Å². The first-order chi connectivity index (χ1) is 7.29. The lowest BCUT2D eigenvalue weighted by Crippen LogP contribution is -1.88. The fourth-order valence-corrected chi connectivity index (χ4v) is 2.48. The average molecular weight is 214 g/mol. The van der Waals surface area contributed by atoms with E-state index in [1.807, 2.05) is 6.08 Å². The number of rotatable bonds is 3. The van der Waals surface area contributed by atoms with E-state index in [0.717, 1.165) is 6.42 Å². The number of hydrogen-bond donors (Lipinski definition) is 0. The second-order valence-electron chi connectivity index (χ2n) is 3.68. The second-order valence-corrected chi connectivity index (χ2v) is 4.63. The van der Waals surface area contributed by atoms with Crippen molar-refractivity contribution in [1.29, 1.82) is 0 Å². The molecule has 0 fully saturated rings. The van der Waals surface area contributed by atoms with E-state index in [1.54, 1.807) is 11.3 Å². The van der Waals surface area contributed by atoms with Crippen molar-refractivity contribution >= 4 is 17.4 Å². The van der Waals surface area contributed by atoms with E-state index in [1.165, 1.54) is 21.6 Å². The molecule has 1 aromatic carbocycles. The van der Waals surface area contributed by atoms with Crippen molar-refractivity contribution in [1.82, 2.24) is 0 Å². The lowest BCUT2D eigenvalue weighted by Gasteiger charge is -2.02. The molecule has 2 aromatic rings. The molecule has 0 saturated heterocycles. The van der Waals surface area contributed by atoms with Crippen LogP contribution < -0.4 is 0 Å². The van der Waals surface area contributed by atoms with Gasteiger partial charge in [0.15, 0.2) is 0 Å². The van der Waals surface area contributed by atoms with Gasteiger partial charge >= 0.3 is 0 Å². The summed E-state index contributed by atoms with van der Waals surface area (Å²) < 4.78 is 0. The molecule has 0 bridgehead atoms. The van der Waals surface area contributed by atoms with Crippen LogP contribution in [0, 0.1) is 6.92 Å². The van der Waals surface area contributed by atoms with Crippen LogP contribution in [0.4, 0.5) is 0 Å². The topological polar surface area (TPSA) is 0 Å². The minimum absolute atomic E-state index is 1.01. The van der Waals surface area contributed by atoms with Crippen LogP contribution in [0.2, 0.25) is 0 Å². The van der Waals surface area contributed by atoms with Gasteiger partial charge < -0.3 is 0 Å². The molecule has 0 N–H and O–H groups in total. The van der Waals surface area contributed by atoms with Crippen LogP contribution in [0.25, 0.3) is 6.08 Å². The predicted molar refractivity (Wildman–Crippen MR) is 68.4 cm³/mol. The van der Waals surface area contributed by atoms with Crippen LogP contribution in [0.15, 0.2) is 42.3 Å². The number of aryl methyl sites for hydroxylation is 1.